The topological polar surface area (TPSA) is 144 Å². The molecule has 2 N–H and O–H groups in total. The molecule has 4 aromatic rings. The third kappa shape index (κ3) is 6.92. The minimum atomic E-state index is -3.76. The van der Waals surface area contributed by atoms with Gasteiger partial charge in [-0.25, -0.2) is 14.4 Å². The highest BCUT2D eigenvalue weighted by atomic mass is 32.2. The maximum absolute atomic E-state index is 15.1. The van der Waals surface area contributed by atoms with Crippen LogP contribution in [0.25, 0.3) is 11.0 Å². The minimum absolute atomic E-state index is 0.141. The van der Waals surface area contributed by atoms with E-state index in [9.17, 15) is 18.0 Å². The number of likely N-dealkylation sites (tertiary alicyclic amines) is 1. The number of hydrogen-bond acceptors (Lipinski definition) is 9. The number of carbonyl (C=O) groups is 2. The van der Waals surface area contributed by atoms with Gasteiger partial charge in [-0.15, -0.1) is 0 Å². The monoisotopic (exact) mass is 595 g/mol. The van der Waals surface area contributed by atoms with E-state index in [0.717, 1.165) is 31.6 Å². The van der Waals surface area contributed by atoms with E-state index in [1.54, 1.807) is 29.2 Å². The maximum atomic E-state index is 15.1. The van der Waals surface area contributed by atoms with Crippen molar-refractivity contribution in [3.8, 4) is 11.5 Å². The number of benzene rings is 2. The SMILES string of the molecule is CS(=O)(=O)OCC(=O)N1CCCCCC1CNc1ncnc2[nH]cc(C(=O)c3ccc(Oc4ccccc4)cc3F)c12. The molecule has 0 radical (unpaired) electrons. The molecular formula is C29H30FN5O6S. The lowest BCUT2D eigenvalue weighted by Gasteiger charge is -2.30. The van der Waals surface area contributed by atoms with Gasteiger partial charge in [0.15, 0.2) is 5.78 Å². The van der Waals surface area contributed by atoms with Gasteiger partial charge < -0.3 is 19.9 Å². The van der Waals surface area contributed by atoms with Gasteiger partial charge in [0, 0.05) is 31.4 Å². The van der Waals surface area contributed by atoms with Gasteiger partial charge in [0.05, 0.1) is 22.8 Å². The zero-order valence-corrected chi connectivity index (χ0v) is 23.7. The van der Waals surface area contributed by atoms with E-state index in [-0.39, 0.29) is 29.5 Å². The number of rotatable bonds is 10. The Morgan fingerprint density at radius 2 is 1.88 bits per heavy atom. The van der Waals surface area contributed by atoms with Gasteiger partial charge in [-0.05, 0) is 37.1 Å². The van der Waals surface area contributed by atoms with Crippen LogP contribution in [0.2, 0.25) is 0 Å². The number of aromatic nitrogens is 3. The smallest absolute Gasteiger partial charge is 0.264 e. The van der Waals surface area contributed by atoms with Gasteiger partial charge in [-0.2, -0.15) is 8.42 Å². The Morgan fingerprint density at radius 3 is 2.64 bits per heavy atom. The van der Waals surface area contributed by atoms with E-state index in [1.807, 2.05) is 6.07 Å². The van der Waals surface area contributed by atoms with Crippen LogP contribution in [0.1, 0.15) is 41.6 Å². The summed E-state index contributed by atoms with van der Waals surface area (Å²) in [5.74, 6) is -0.584. The van der Waals surface area contributed by atoms with Crippen molar-refractivity contribution in [1.82, 2.24) is 19.9 Å². The van der Waals surface area contributed by atoms with E-state index in [4.69, 9.17) is 8.92 Å². The standard InChI is InChI=1S/C29H30FN5O6S/c1-42(38,39)40-17-25(36)35-13-7-3-4-8-19(35)15-31-28-26-23(16-32-29(26)34-18-33-28)27(37)22-12-11-21(14-24(22)30)41-20-9-5-2-6-10-20/h2,5-6,9-12,14,16,18-19H,3-4,7-8,13,15,17H2,1H3,(H2,31,32,33,34). The Kier molecular flexibility index (Phi) is 8.78. The van der Waals surface area contributed by atoms with Crippen molar-refractivity contribution in [3.05, 3.63) is 78.0 Å². The second-order valence-corrected chi connectivity index (χ2v) is 11.6. The molecule has 1 saturated heterocycles. The Labute approximate surface area is 242 Å². The molecule has 1 atom stereocenters. The summed E-state index contributed by atoms with van der Waals surface area (Å²) in [4.78, 5) is 39.5. The molecule has 0 aliphatic carbocycles. The predicted molar refractivity (Wildman–Crippen MR) is 153 cm³/mol. The van der Waals surface area contributed by atoms with E-state index >= 15 is 4.39 Å². The average Bonchev–Trinajstić information content (AvgIpc) is 3.26. The van der Waals surface area contributed by atoms with Gasteiger partial charge in [-0.1, -0.05) is 31.0 Å². The van der Waals surface area contributed by atoms with Crippen LogP contribution in [-0.2, 0) is 19.1 Å². The summed E-state index contributed by atoms with van der Waals surface area (Å²) in [5.41, 5.74) is 0.423. The first-order chi connectivity index (χ1) is 20.2. The van der Waals surface area contributed by atoms with E-state index in [1.165, 1.54) is 24.7 Å². The summed E-state index contributed by atoms with van der Waals surface area (Å²) in [5, 5.41) is 3.62. The quantitative estimate of drug-likeness (QED) is 0.203. The van der Waals surface area contributed by atoms with Gasteiger partial charge in [-0.3, -0.25) is 13.8 Å². The molecule has 0 saturated carbocycles. The Hall–Kier alpha value is -4.36. The van der Waals surface area contributed by atoms with Crippen molar-refractivity contribution in [2.45, 2.75) is 31.7 Å². The number of halogens is 1. The third-order valence-electron chi connectivity index (χ3n) is 6.98. The summed E-state index contributed by atoms with van der Waals surface area (Å²) < 4.78 is 48.3. The molecule has 42 heavy (non-hydrogen) atoms. The lowest BCUT2D eigenvalue weighted by Crippen LogP contribution is -2.45. The molecule has 13 heteroatoms. The molecule has 220 valence electrons. The Bertz CT molecular complexity index is 1700. The number of fused-ring (bicyclic) bond motifs is 1. The van der Waals surface area contributed by atoms with Crippen molar-refractivity contribution >= 4 is 38.7 Å². The van der Waals surface area contributed by atoms with Crippen LogP contribution >= 0.6 is 0 Å². The summed E-state index contributed by atoms with van der Waals surface area (Å²) in [7, 11) is -3.76. The molecule has 2 aromatic heterocycles. The number of hydrogen-bond donors (Lipinski definition) is 2. The number of ether oxygens (including phenoxy) is 1. The fraction of sp³-hybridized carbons (Fsp3) is 0.310. The van der Waals surface area contributed by atoms with Crippen LogP contribution in [0, 0.1) is 5.82 Å². The van der Waals surface area contributed by atoms with Crippen LogP contribution in [-0.4, -0.2) is 72.0 Å². The van der Waals surface area contributed by atoms with Crippen molar-refractivity contribution < 1.29 is 31.3 Å². The van der Waals surface area contributed by atoms with Crippen molar-refractivity contribution in [1.29, 1.82) is 0 Å². The van der Waals surface area contributed by atoms with Crippen molar-refractivity contribution in [2.75, 3.05) is 31.3 Å². The zero-order chi connectivity index (χ0) is 29.7. The third-order valence-corrected chi connectivity index (χ3v) is 7.52. The van der Waals surface area contributed by atoms with Crippen LogP contribution < -0.4 is 10.1 Å². The van der Waals surface area contributed by atoms with Gasteiger partial charge in [0.2, 0.25) is 5.91 Å². The molecule has 0 bridgehead atoms. The fourth-order valence-electron chi connectivity index (χ4n) is 4.96. The lowest BCUT2D eigenvalue weighted by molar-refractivity contribution is -0.135. The predicted octanol–water partition coefficient (Wildman–Crippen LogP) is 4.28. The van der Waals surface area contributed by atoms with Crippen LogP contribution in [0.4, 0.5) is 10.2 Å². The van der Waals surface area contributed by atoms with E-state index < -0.39 is 34.2 Å². The first-order valence-corrected chi connectivity index (χ1v) is 15.3. The number of anilines is 1. The number of nitrogens with zero attached hydrogens (tertiary/aromatic N) is 3. The minimum Gasteiger partial charge on any atom is -0.457 e. The second-order valence-electron chi connectivity index (χ2n) is 9.97. The first kappa shape index (κ1) is 29.1. The number of carbonyl (C=O) groups excluding carboxylic acids is 2. The molecule has 11 nitrogen and oxygen atoms in total. The van der Waals surface area contributed by atoms with E-state index in [2.05, 4.69) is 20.3 Å². The molecular weight excluding hydrogens is 565 g/mol. The molecule has 1 fully saturated rings. The number of para-hydroxylation sites is 1. The molecule has 1 aliphatic heterocycles. The Balaban J connectivity index is 1.35. The van der Waals surface area contributed by atoms with Gasteiger partial charge in [0.25, 0.3) is 10.1 Å². The molecule has 1 unspecified atom stereocenters. The highest BCUT2D eigenvalue weighted by molar-refractivity contribution is 7.86. The summed E-state index contributed by atoms with van der Waals surface area (Å²) >= 11 is 0. The van der Waals surface area contributed by atoms with Crippen LogP contribution in [0.15, 0.2) is 61.1 Å². The van der Waals surface area contributed by atoms with Gasteiger partial charge in [0.1, 0.15) is 41.7 Å². The first-order valence-electron chi connectivity index (χ1n) is 13.5. The van der Waals surface area contributed by atoms with Crippen molar-refractivity contribution in [2.24, 2.45) is 0 Å². The number of ketones is 1. The molecule has 1 amide bonds. The number of H-pyrrole nitrogens is 1. The molecule has 0 spiro atoms. The molecule has 3 heterocycles. The Morgan fingerprint density at radius 1 is 1.07 bits per heavy atom. The van der Waals surface area contributed by atoms with Crippen molar-refractivity contribution in [3.63, 3.8) is 0 Å². The zero-order valence-electron chi connectivity index (χ0n) is 22.9. The largest absolute Gasteiger partial charge is 0.457 e. The molecule has 2 aromatic carbocycles. The summed E-state index contributed by atoms with van der Waals surface area (Å²) in [6, 6.07) is 12.7. The lowest BCUT2D eigenvalue weighted by atomic mass is 10.0. The van der Waals surface area contributed by atoms with Crippen LogP contribution in [0.5, 0.6) is 11.5 Å². The fourth-order valence-corrected chi connectivity index (χ4v) is 5.28. The second kappa shape index (κ2) is 12.7. The number of nitrogens with one attached hydrogen (secondary N) is 2. The molecule has 1 aliphatic rings. The average molecular weight is 596 g/mol. The number of amides is 1. The molecule has 5 rings (SSSR count). The van der Waals surface area contributed by atoms with Crippen LogP contribution in [0.3, 0.4) is 0 Å². The maximum Gasteiger partial charge on any atom is 0.264 e. The van der Waals surface area contributed by atoms with Gasteiger partial charge >= 0.3 is 0 Å². The summed E-state index contributed by atoms with van der Waals surface area (Å²) in [6.45, 7) is 0.189. The summed E-state index contributed by atoms with van der Waals surface area (Å²) in [6.07, 6.45) is 6.99. The highest BCUT2D eigenvalue weighted by Crippen LogP contribution is 2.29. The highest BCUT2D eigenvalue weighted by Gasteiger charge is 2.27. The normalized spacial score (nSPS) is 15.8. The number of aromatic amines is 1. The van der Waals surface area contributed by atoms with E-state index in [0.29, 0.717) is 35.6 Å².